The Morgan fingerprint density at radius 2 is 1.71 bits per heavy atom. The SMILES string of the molecule is CSCC[C@H](NC(=O)c1cc(OC(Cn2ccnc2C)c2ccc(F)cc2)ccc1CCc1ccc(F)cc1)C(=O)O. The lowest BCUT2D eigenvalue weighted by Crippen LogP contribution is -2.41. The first kappa shape index (κ1) is 30.8. The minimum atomic E-state index is -1.11. The Hall–Kier alpha value is -4.18. The molecule has 3 aromatic carbocycles. The Morgan fingerprint density at radius 1 is 1.02 bits per heavy atom. The number of hydrogen-bond donors (Lipinski definition) is 2. The van der Waals surface area contributed by atoms with Gasteiger partial charge in [0.25, 0.3) is 5.91 Å². The van der Waals surface area contributed by atoms with Gasteiger partial charge in [0.2, 0.25) is 0 Å². The van der Waals surface area contributed by atoms with E-state index in [1.807, 2.05) is 23.9 Å². The third-order valence-corrected chi connectivity index (χ3v) is 7.59. The van der Waals surface area contributed by atoms with Crippen molar-refractivity contribution in [2.75, 3.05) is 12.0 Å². The topological polar surface area (TPSA) is 93.5 Å². The summed E-state index contributed by atoms with van der Waals surface area (Å²) in [6.07, 6.45) is 6.14. The first-order valence-corrected chi connectivity index (χ1v) is 14.9. The summed E-state index contributed by atoms with van der Waals surface area (Å²) in [5.41, 5.74) is 2.63. The number of rotatable bonds is 14. The molecule has 0 radical (unpaired) electrons. The quantitative estimate of drug-likeness (QED) is 0.186. The summed E-state index contributed by atoms with van der Waals surface area (Å²) in [7, 11) is 0. The van der Waals surface area contributed by atoms with E-state index in [0.29, 0.717) is 42.0 Å². The molecule has 0 saturated carbocycles. The number of aryl methyl sites for hydroxylation is 3. The largest absolute Gasteiger partial charge is 0.484 e. The van der Waals surface area contributed by atoms with Crippen LogP contribution in [0.15, 0.2) is 79.1 Å². The van der Waals surface area contributed by atoms with Gasteiger partial charge in [0, 0.05) is 18.0 Å². The van der Waals surface area contributed by atoms with Gasteiger partial charge < -0.3 is 19.7 Å². The van der Waals surface area contributed by atoms with Gasteiger partial charge in [-0.25, -0.2) is 18.6 Å². The molecule has 0 aliphatic heterocycles. The molecule has 4 aromatic rings. The molecule has 42 heavy (non-hydrogen) atoms. The highest BCUT2D eigenvalue weighted by Crippen LogP contribution is 2.27. The van der Waals surface area contributed by atoms with Gasteiger partial charge in [-0.15, -0.1) is 0 Å². The van der Waals surface area contributed by atoms with Gasteiger partial charge in [-0.1, -0.05) is 30.3 Å². The van der Waals surface area contributed by atoms with Crippen LogP contribution in [0.25, 0.3) is 0 Å². The van der Waals surface area contributed by atoms with E-state index < -0.39 is 24.0 Å². The molecule has 4 rings (SSSR count). The standard InChI is InChI=1S/C32H33F2N3O4S/c1-21-35-16-17-37(21)20-30(24-7-12-26(34)13-8-24)41-27-14-9-23(6-3-22-4-10-25(33)11-5-22)28(19-27)31(38)36-29(32(39)40)15-18-42-2/h4-5,7-14,16-17,19,29-30H,3,6,15,18,20H2,1-2H3,(H,36,38)(H,39,40)/t29-,30?/m0/s1. The van der Waals surface area contributed by atoms with Gasteiger partial charge in [-0.3, -0.25) is 4.79 Å². The number of carbonyl (C=O) groups excluding carboxylic acids is 1. The maximum Gasteiger partial charge on any atom is 0.326 e. The molecular formula is C32H33F2N3O4S. The van der Waals surface area contributed by atoms with Crippen LogP contribution in [0.5, 0.6) is 5.75 Å². The van der Waals surface area contributed by atoms with Crippen LogP contribution in [0.3, 0.4) is 0 Å². The van der Waals surface area contributed by atoms with Crippen LogP contribution in [-0.2, 0) is 24.2 Å². The van der Waals surface area contributed by atoms with E-state index in [1.165, 1.54) is 36.0 Å². The summed E-state index contributed by atoms with van der Waals surface area (Å²) in [5.74, 6) is -0.565. The molecule has 0 spiro atoms. The van der Waals surface area contributed by atoms with Crippen molar-refractivity contribution in [3.63, 3.8) is 0 Å². The van der Waals surface area contributed by atoms with Crippen LogP contribution in [0, 0.1) is 18.6 Å². The van der Waals surface area contributed by atoms with Crippen molar-refractivity contribution in [2.45, 2.75) is 44.9 Å². The third kappa shape index (κ3) is 8.42. The molecule has 220 valence electrons. The normalized spacial score (nSPS) is 12.5. The number of amides is 1. The van der Waals surface area contributed by atoms with Gasteiger partial charge in [-0.05, 0) is 91.3 Å². The number of carboxylic acid groups (broad SMARTS) is 1. The van der Waals surface area contributed by atoms with Crippen molar-refractivity contribution in [1.82, 2.24) is 14.9 Å². The first-order valence-electron chi connectivity index (χ1n) is 13.5. The number of halogens is 2. The number of imidazole rings is 1. The molecule has 2 atom stereocenters. The monoisotopic (exact) mass is 593 g/mol. The number of carboxylic acids is 1. The predicted octanol–water partition coefficient (Wildman–Crippen LogP) is 6.01. The summed E-state index contributed by atoms with van der Waals surface area (Å²) in [4.78, 5) is 29.6. The van der Waals surface area contributed by atoms with Gasteiger partial charge in [0.05, 0.1) is 6.54 Å². The number of thioether (sulfide) groups is 1. The smallest absolute Gasteiger partial charge is 0.326 e. The number of aromatic nitrogens is 2. The number of aliphatic carboxylic acids is 1. The summed E-state index contributed by atoms with van der Waals surface area (Å²) in [6.45, 7) is 2.26. The number of benzene rings is 3. The second-order valence-electron chi connectivity index (χ2n) is 9.88. The average molecular weight is 594 g/mol. The van der Waals surface area contributed by atoms with Crippen molar-refractivity contribution < 1.29 is 28.2 Å². The molecule has 10 heteroatoms. The lowest BCUT2D eigenvalue weighted by atomic mass is 9.98. The molecule has 1 unspecified atom stereocenters. The zero-order valence-corrected chi connectivity index (χ0v) is 24.2. The molecule has 1 amide bonds. The zero-order chi connectivity index (χ0) is 30.1. The van der Waals surface area contributed by atoms with Crippen molar-refractivity contribution in [2.24, 2.45) is 0 Å². The molecule has 1 heterocycles. The fraction of sp³-hybridized carbons (Fsp3) is 0.281. The summed E-state index contributed by atoms with van der Waals surface area (Å²) >= 11 is 1.50. The van der Waals surface area contributed by atoms with Crippen molar-refractivity contribution >= 4 is 23.6 Å². The van der Waals surface area contributed by atoms with Crippen LogP contribution >= 0.6 is 11.8 Å². The lowest BCUT2D eigenvalue weighted by Gasteiger charge is -2.22. The Bertz CT molecular complexity index is 1490. The Labute approximate surface area is 247 Å². The fourth-order valence-corrected chi connectivity index (χ4v) is 5.02. The maximum atomic E-state index is 13.7. The average Bonchev–Trinajstić information content (AvgIpc) is 3.39. The first-order chi connectivity index (χ1) is 20.2. The number of nitrogens with one attached hydrogen (secondary N) is 1. The Kier molecular flexibility index (Phi) is 10.7. The van der Waals surface area contributed by atoms with Crippen molar-refractivity contribution in [3.05, 3.63) is 119 Å². The summed E-state index contributed by atoms with van der Waals surface area (Å²) in [6, 6.07) is 16.3. The molecular weight excluding hydrogens is 560 g/mol. The Balaban J connectivity index is 1.64. The minimum absolute atomic E-state index is 0.278. The molecule has 0 saturated heterocycles. The molecule has 7 nitrogen and oxygen atoms in total. The van der Waals surface area contributed by atoms with Crippen molar-refractivity contribution in [1.29, 1.82) is 0 Å². The van der Waals surface area contributed by atoms with Crippen LogP contribution < -0.4 is 10.1 Å². The van der Waals surface area contributed by atoms with Gasteiger partial charge >= 0.3 is 5.97 Å². The predicted molar refractivity (Wildman–Crippen MR) is 159 cm³/mol. The summed E-state index contributed by atoms with van der Waals surface area (Å²) < 4.78 is 35.4. The second kappa shape index (κ2) is 14.6. The number of nitrogens with zero attached hydrogens (tertiary/aromatic N) is 2. The van der Waals surface area contributed by atoms with E-state index in [1.54, 1.807) is 48.7 Å². The molecule has 2 N–H and O–H groups in total. The number of ether oxygens (including phenoxy) is 1. The third-order valence-electron chi connectivity index (χ3n) is 6.94. The van der Waals surface area contributed by atoms with E-state index >= 15 is 0 Å². The van der Waals surface area contributed by atoms with Crippen LogP contribution in [0.2, 0.25) is 0 Å². The highest BCUT2D eigenvalue weighted by Gasteiger charge is 2.23. The van der Waals surface area contributed by atoms with Crippen molar-refractivity contribution in [3.8, 4) is 5.75 Å². The molecule has 0 bridgehead atoms. The van der Waals surface area contributed by atoms with E-state index in [2.05, 4.69) is 10.3 Å². The van der Waals surface area contributed by atoms with Gasteiger partial charge in [-0.2, -0.15) is 11.8 Å². The molecule has 0 aliphatic carbocycles. The van der Waals surface area contributed by atoms with E-state index in [4.69, 9.17) is 4.74 Å². The number of hydrogen-bond acceptors (Lipinski definition) is 5. The number of carbonyl (C=O) groups is 2. The van der Waals surface area contributed by atoms with Crippen LogP contribution in [0.1, 0.15) is 45.4 Å². The highest BCUT2D eigenvalue weighted by molar-refractivity contribution is 7.98. The lowest BCUT2D eigenvalue weighted by molar-refractivity contribution is -0.139. The fourth-order valence-electron chi connectivity index (χ4n) is 4.55. The second-order valence-corrected chi connectivity index (χ2v) is 10.9. The summed E-state index contributed by atoms with van der Waals surface area (Å²) in [5, 5.41) is 12.4. The van der Waals surface area contributed by atoms with Crippen LogP contribution in [-0.4, -0.2) is 44.6 Å². The molecule has 0 fully saturated rings. The van der Waals surface area contributed by atoms with Gasteiger partial charge in [0.1, 0.15) is 35.4 Å². The molecule has 0 aliphatic rings. The van der Waals surface area contributed by atoms with E-state index in [0.717, 1.165) is 17.0 Å². The van der Waals surface area contributed by atoms with Gasteiger partial charge in [0.15, 0.2) is 0 Å². The maximum absolute atomic E-state index is 13.7. The van der Waals surface area contributed by atoms with E-state index in [9.17, 15) is 23.5 Å². The van der Waals surface area contributed by atoms with E-state index in [-0.39, 0.29) is 18.1 Å². The molecule has 1 aromatic heterocycles. The Morgan fingerprint density at radius 3 is 2.33 bits per heavy atom. The zero-order valence-electron chi connectivity index (χ0n) is 23.4. The minimum Gasteiger partial charge on any atom is -0.484 e. The highest BCUT2D eigenvalue weighted by atomic mass is 32.2. The van der Waals surface area contributed by atoms with Crippen LogP contribution in [0.4, 0.5) is 8.78 Å².